The first kappa shape index (κ1) is 14.4. The quantitative estimate of drug-likeness (QED) is 0.800. The number of alkyl halides is 3. The van der Waals surface area contributed by atoms with Crippen LogP contribution in [0.3, 0.4) is 0 Å². The van der Waals surface area contributed by atoms with Crippen LogP contribution in [0.1, 0.15) is 16.7 Å². The molecule has 0 bridgehead atoms. The molecule has 0 heterocycles. The van der Waals surface area contributed by atoms with Gasteiger partial charge >= 0.3 is 6.18 Å². The summed E-state index contributed by atoms with van der Waals surface area (Å²) < 4.78 is 51.0. The van der Waals surface area contributed by atoms with Crippen molar-refractivity contribution in [1.82, 2.24) is 0 Å². The van der Waals surface area contributed by atoms with Crippen LogP contribution in [0.25, 0.3) is 0 Å². The topological polar surface area (TPSA) is 12.0 Å². The summed E-state index contributed by atoms with van der Waals surface area (Å²) in [5, 5.41) is 2.90. The second-order valence-corrected chi connectivity index (χ2v) is 4.52. The predicted octanol–water partition coefficient (Wildman–Crippen LogP) is 4.77. The van der Waals surface area contributed by atoms with Crippen LogP contribution >= 0.6 is 0 Å². The van der Waals surface area contributed by atoms with Crippen molar-refractivity contribution < 1.29 is 17.6 Å². The maximum atomic E-state index is 13.3. The van der Waals surface area contributed by atoms with Crippen molar-refractivity contribution in [3.8, 4) is 0 Å². The standard InChI is InChI=1S/C15H13F4N/c1-10-5-6-13(8-14(10)16)20-9-11-3-2-4-12(7-11)15(17,18)19/h2-8,20H,9H2,1H3. The van der Waals surface area contributed by atoms with Gasteiger partial charge in [-0.3, -0.25) is 0 Å². The van der Waals surface area contributed by atoms with Gasteiger partial charge in [0, 0.05) is 12.2 Å². The zero-order valence-corrected chi connectivity index (χ0v) is 10.8. The molecule has 106 valence electrons. The molecule has 2 aromatic rings. The van der Waals surface area contributed by atoms with Gasteiger partial charge in [-0.25, -0.2) is 4.39 Å². The molecular weight excluding hydrogens is 270 g/mol. The van der Waals surface area contributed by atoms with Crippen LogP contribution in [0.15, 0.2) is 42.5 Å². The Hall–Kier alpha value is -2.04. The molecule has 0 aliphatic heterocycles. The molecule has 20 heavy (non-hydrogen) atoms. The van der Waals surface area contributed by atoms with E-state index >= 15 is 0 Å². The van der Waals surface area contributed by atoms with E-state index in [9.17, 15) is 17.6 Å². The number of aryl methyl sites for hydroxylation is 1. The fourth-order valence-corrected chi connectivity index (χ4v) is 1.76. The molecule has 0 radical (unpaired) electrons. The summed E-state index contributed by atoms with van der Waals surface area (Å²) in [5.41, 5.74) is 0.854. The Labute approximate surface area is 114 Å². The third-order valence-corrected chi connectivity index (χ3v) is 2.92. The van der Waals surface area contributed by atoms with E-state index in [2.05, 4.69) is 5.32 Å². The highest BCUT2D eigenvalue weighted by Gasteiger charge is 2.30. The van der Waals surface area contributed by atoms with E-state index in [0.717, 1.165) is 12.1 Å². The molecule has 2 aromatic carbocycles. The monoisotopic (exact) mass is 283 g/mol. The minimum Gasteiger partial charge on any atom is -0.381 e. The lowest BCUT2D eigenvalue weighted by molar-refractivity contribution is -0.137. The number of halogens is 4. The number of hydrogen-bond acceptors (Lipinski definition) is 1. The van der Waals surface area contributed by atoms with Crippen LogP contribution < -0.4 is 5.32 Å². The summed E-state index contributed by atoms with van der Waals surface area (Å²) in [6.07, 6.45) is -4.36. The summed E-state index contributed by atoms with van der Waals surface area (Å²) >= 11 is 0. The zero-order valence-electron chi connectivity index (χ0n) is 10.8. The van der Waals surface area contributed by atoms with Gasteiger partial charge in [0.25, 0.3) is 0 Å². The van der Waals surface area contributed by atoms with E-state index in [1.54, 1.807) is 25.1 Å². The highest BCUT2D eigenvalue weighted by atomic mass is 19.4. The van der Waals surface area contributed by atoms with Crippen molar-refractivity contribution in [3.05, 3.63) is 65.0 Å². The Balaban J connectivity index is 2.09. The van der Waals surface area contributed by atoms with Crippen molar-refractivity contribution in [2.24, 2.45) is 0 Å². The summed E-state index contributed by atoms with van der Waals surface area (Å²) in [4.78, 5) is 0. The fourth-order valence-electron chi connectivity index (χ4n) is 1.76. The Bertz CT molecular complexity index is 605. The third-order valence-electron chi connectivity index (χ3n) is 2.92. The molecule has 0 aliphatic rings. The second kappa shape index (κ2) is 5.53. The average Bonchev–Trinajstić information content (AvgIpc) is 2.39. The molecule has 0 spiro atoms. The third kappa shape index (κ3) is 3.50. The molecule has 5 heteroatoms. The Kier molecular flexibility index (Phi) is 3.97. The van der Waals surface area contributed by atoms with Gasteiger partial charge in [0.1, 0.15) is 5.82 Å². The van der Waals surface area contributed by atoms with Gasteiger partial charge in [0.05, 0.1) is 5.56 Å². The van der Waals surface area contributed by atoms with E-state index in [1.807, 2.05) is 0 Å². The SMILES string of the molecule is Cc1ccc(NCc2cccc(C(F)(F)F)c2)cc1F. The Morgan fingerprint density at radius 3 is 2.45 bits per heavy atom. The van der Waals surface area contributed by atoms with Gasteiger partial charge in [-0.2, -0.15) is 13.2 Å². The average molecular weight is 283 g/mol. The predicted molar refractivity (Wildman–Crippen MR) is 69.9 cm³/mol. The highest BCUT2D eigenvalue weighted by Crippen LogP contribution is 2.29. The normalized spacial score (nSPS) is 11.4. The molecule has 2 rings (SSSR count). The molecule has 0 saturated carbocycles. The van der Waals surface area contributed by atoms with Crippen LogP contribution in [0.5, 0.6) is 0 Å². The molecule has 0 aliphatic carbocycles. The number of hydrogen-bond donors (Lipinski definition) is 1. The Morgan fingerprint density at radius 2 is 1.80 bits per heavy atom. The minimum atomic E-state index is -4.36. The molecule has 0 saturated heterocycles. The molecule has 0 amide bonds. The first-order valence-electron chi connectivity index (χ1n) is 6.02. The van der Waals surface area contributed by atoms with Crippen LogP contribution in [0.4, 0.5) is 23.2 Å². The molecule has 0 atom stereocenters. The molecule has 0 fully saturated rings. The summed E-state index contributed by atoms with van der Waals surface area (Å²) in [5.74, 6) is -0.348. The van der Waals surface area contributed by atoms with Gasteiger partial charge in [0.2, 0.25) is 0 Å². The summed E-state index contributed by atoms with van der Waals surface area (Å²) in [6.45, 7) is 1.85. The summed E-state index contributed by atoms with van der Waals surface area (Å²) in [6, 6.07) is 9.67. The largest absolute Gasteiger partial charge is 0.416 e. The van der Waals surface area contributed by atoms with Gasteiger partial charge < -0.3 is 5.32 Å². The van der Waals surface area contributed by atoms with Crippen molar-refractivity contribution >= 4 is 5.69 Å². The van der Waals surface area contributed by atoms with E-state index in [-0.39, 0.29) is 12.4 Å². The van der Waals surface area contributed by atoms with Crippen LogP contribution in [-0.2, 0) is 12.7 Å². The van der Waals surface area contributed by atoms with Gasteiger partial charge in [-0.1, -0.05) is 18.2 Å². The molecule has 0 aromatic heterocycles. The number of anilines is 1. The van der Waals surface area contributed by atoms with Crippen molar-refractivity contribution in [3.63, 3.8) is 0 Å². The fraction of sp³-hybridized carbons (Fsp3) is 0.200. The molecular formula is C15H13F4N. The van der Waals surface area contributed by atoms with Crippen LogP contribution in [0.2, 0.25) is 0 Å². The maximum absolute atomic E-state index is 13.3. The minimum absolute atomic E-state index is 0.201. The summed E-state index contributed by atoms with van der Waals surface area (Å²) in [7, 11) is 0. The van der Waals surface area contributed by atoms with Gasteiger partial charge in [-0.05, 0) is 42.3 Å². The van der Waals surface area contributed by atoms with Crippen LogP contribution in [-0.4, -0.2) is 0 Å². The zero-order chi connectivity index (χ0) is 14.8. The van der Waals surface area contributed by atoms with E-state index in [0.29, 0.717) is 16.8 Å². The lowest BCUT2D eigenvalue weighted by Crippen LogP contribution is -2.07. The van der Waals surface area contributed by atoms with Gasteiger partial charge in [0.15, 0.2) is 0 Å². The number of nitrogens with one attached hydrogen (secondary N) is 1. The van der Waals surface area contributed by atoms with Crippen molar-refractivity contribution in [2.75, 3.05) is 5.32 Å². The first-order valence-corrected chi connectivity index (χ1v) is 6.02. The smallest absolute Gasteiger partial charge is 0.381 e. The lowest BCUT2D eigenvalue weighted by atomic mass is 10.1. The number of rotatable bonds is 3. The van der Waals surface area contributed by atoms with Crippen molar-refractivity contribution in [1.29, 1.82) is 0 Å². The Morgan fingerprint density at radius 1 is 1.05 bits per heavy atom. The van der Waals surface area contributed by atoms with Crippen molar-refractivity contribution in [2.45, 2.75) is 19.6 Å². The maximum Gasteiger partial charge on any atom is 0.416 e. The first-order chi connectivity index (χ1) is 9.36. The van der Waals surface area contributed by atoms with Gasteiger partial charge in [-0.15, -0.1) is 0 Å². The molecule has 1 N–H and O–H groups in total. The second-order valence-electron chi connectivity index (χ2n) is 4.52. The molecule has 0 unspecified atom stereocenters. The van der Waals surface area contributed by atoms with E-state index in [1.165, 1.54) is 12.1 Å². The number of benzene rings is 2. The molecule has 1 nitrogen and oxygen atoms in total. The van der Waals surface area contributed by atoms with E-state index < -0.39 is 11.7 Å². The lowest BCUT2D eigenvalue weighted by Gasteiger charge is -2.10. The highest BCUT2D eigenvalue weighted by molar-refractivity contribution is 5.45. The van der Waals surface area contributed by atoms with Crippen LogP contribution in [0, 0.1) is 12.7 Å². The van der Waals surface area contributed by atoms with E-state index in [4.69, 9.17) is 0 Å².